The molecule has 8 heteroatoms. The first-order valence-corrected chi connectivity index (χ1v) is 11.4. The van der Waals surface area contributed by atoms with Crippen LogP contribution in [-0.4, -0.2) is 78.3 Å². The summed E-state index contributed by atoms with van der Waals surface area (Å²) >= 11 is 0. The Labute approximate surface area is 198 Å². The summed E-state index contributed by atoms with van der Waals surface area (Å²) in [5, 5.41) is 4.81. The predicted molar refractivity (Wildman–Crippen MR) is 131 cm³/mol. The highest BCUT2D eigenvalue weighted by atomic mass is 16.6. The molecule has 0 N–H and O–H groups in total. The molecule has 1 aromatic heterocycles. The smallest absolute Gasteiger partial charge is 0.410 e. The van der Waals surface area contributed by atoms with Crippen LogP contribution >= 0.6 is 0 Å². The van der Waals surface area contributed by atoms with E-state index in [1.807, 2.05) is 70.6 Å². The van der Waals surface area contributed by atoms with Crippen molar-refractivity contribution in [1.29, 1.82) is 0 Å². The van der Waals surface area contributed by atoms with Gasteiger partial charge in [0.2, 0.25) is 0 Å². The lowest BCUT2D eigenvalue weighted by Gasteiger charge is -2.26. The number of carbonyl (C=O) groups is 1. The van der Waals surface area contributed by atoms with Crippen molar-refractivity contribution in [3.8, 4) is 17.0 Å². The lowest BCUT2D eigenvalue weighted by molar-refractivity contribution is 0.0286. The van der Waals surface area contributed by atoms with Crippen molar-refractivity contribution in [2.24, 2.45) is 0 Å². The Morgan fingerprint density at radius 1 is 1.12 bits per heavy atom. The molecule has 0 spiro atoms. The molecule has 0 aliphatic rings. The largest absolute Gasteiger partial charge is 0.491 e. The summed E-state index contributed by atoms with van der Waals surface area (Å²) in [5.41, 5.74) is 2.59. The average molecular weight is 461 g/mol. The van der Waals surface area contributed by atoms with Crippen LogP contribution in [0, 0.1) is 0 Å². The van der Waals surface area contributed by atoms with Crippen LogP contribution in [-0.2, 0) is 22.6 Å². The van der Waals surface area contributed by atoms with Crippen molar-refractivity contribution in [2.75, 3.05) is 40.9 Å². The van der Waals surface area contributed by atoms with Gasteiger partial charge in [0.05, 0.1) is 24.9 Å². The number of hydrogen-bond acceptors (Lipinski definition) is 6. The minimum absolute atomic E-state index is 0.132. The van der Waals surface area contributed by atoms with E-state index in [1.54, 1.807) is 19.1 Å². The Morgan fingerprint density at radius 2 is 1.79 bits per heavy atom. The number of rotatable bonds is 11. The van der Waals surface area contributed by atoms with Crippen molar-refractivity contribution in [3.05, 3.63) is 36.0 Å². The van der Waals surface area contributed by atoms with Crippen LogP contribution in [0.15, 0.2) is 30.5 Å². The van der Waals surface area contributed by atoms with Crippen LogP contribution in [0.1, 0.15) is 40.2 Å². The lowest BCUT2D eigenvalue weighted by atomic mass is 10.1. The number of methoxy groups -OCH3 is 1. The third-order valence-corrected chi connectivity index (χ3v) is 4.82. The first kappa shape index (κ1) is 26.7. The van der Waals surface area contributed by atoms with Crippen molar-refractivity contribution < 1.29 is 19.0 Å². The average Bonchev–Trinajstić information content (AvgIpc) is 3.11. The second kappa shape index (κ2) is 12.0. The summed E-state index contributed by atoms with van der Waals surface area (Å²) in [6.45, 7) is 12.9. The number of nitrogens with zero attached hydrogens (tertiary/aromatic N) is 4. The number of hydrogen-bond donors (Lipinski definition) is 0. The minimum atomic E-state index is -0.501. The molecule has 0 unspecified atom stereocenters. The van der Waals surface area contributed by atoms with E-state index >= 15 is 0 Å². The van der Waals surface area contributed by atoms with E-state index < -0.39 is 5.60 Å². The summed E-state index contributed by atoms with van der Waals surface area (Å²) < 4.78 is 18.3. The molecule has 0 bridgehead atoms. The van der Waals surface area contributed by atoms with E-state index in [2.05, 4.69) is 11.1 Å². The maximum Gasteiger partial charge on any atom is 0.410 e. The molecule has 2 rings (SSSR count). The third kappa shape index (κ3) is 9.06. The summed E-state index contributed by atoms with van der Waals surface area (Å²) in [6.07, 6.45) is 1.89. The number of aromatic nitrogens is 2. The summed E-state index contributed by atoms with van der Waals surface area (Å²) in [7, 11) is 5.49. The van der Waals surface area contributed by atoms with Gasteiger partial charge in [-0.1, -0.05) is 0 Å². The van der Waals surface area contributed by atoms with Crippen molar-refractivity contribution in [1.82, 2.24) is 19.6 Å². The molecule has 0 fully saturated rings. The zero-order valence-corrected chi connectivity index (χ0v) is 21.4. The maximum atomic E-state index is 12.2. The van der Waals surface area contributed by atoms with E-state index in [1.165, 1.54) is 0 Å². The van der Waals surface area contributed by atoms with E-state index in [0.29, 0.717) is 32.8 Å². The highest BCUT2D eigenvalue weighted by molar-refractivity contribution is 5.67. The highest BCUT2D eigenvalue weighted by Gasteiger charge is 2.20. The quantitative estimate of drug-likeness (QED) is 0.499. The van der Waals surface area contributed by atoms with Crippen LogP contribution in [0.25, 0.3) is 11.3 Å². The fraction of sp³-hybridized carbons (Fsp3) is 0.600. The van der Waals surface area contributed by atoms with Gasteiger partial charge in [0.1, 0.15) is 11.4 Å². The van der Waals surface area contributed by atoms with Gasteiger partial charge in [-0.2, -0.15) is 5.10 Å². The lowest BCUT2D eigenvalue weighted by Crippen LogP contribution is -2.38. The molecule has 1 heterocycles. The van der Waals surface area contributed by atoms with Gasteiger partial charge in [0, 0.05) is 51.1 Å². The number of carbonyl (C=O) groups excluding carboxylic acids is 1. The Hall–Kier alpha value is -2.58. The summed E-state index contributed by atoms with van der Waals surface area (Å²) in [4.78, 5) is 16.0. The maximum absolute atomic E-state index is 12.2. The monoisotopic (exact) mass is 460 g/mol. The Bertz CT molecular complexity index is 872. The van der Waals surface area contributed by atoms with Crippen molar-refractivity contribution in [3.63, 3.8) is 0 Å². The molecule has 184 valence electrons. The van der Waals surface area contributed by atoms with E-state index in [9.17, 15) is 4.79 Å². The van der Waals surface area contributed by atoms with Gasteiger partial charge in [-0.15, -0.1) is 0 Å². The number of benzene rings is 1. The zero-order valence-electron chi connectivity index (χ0n) is 21.4. The standard InChI is InChI=1S/C25H40N4O4/c1-19(2)32-22-11-9-20(10-12-22)23-21(18-29(26-23)15-16-31-8)17-27(6)13-14-28(7)24(30)33-25(3,4)5/h9-12,18-19H,13-17H2,1-8H3. The van der Waals surface area contributed by atoms with Crippen molar-refractivity contribution >= 4 is 6.09 Å². The second-order valence-electron chi connectivity index (χ2n) is 9.59. The number of ether oxygens (including phenoxy) is 3. The SMILES string of the molecule is COCCn1cc(CN(C)CCN(C)C(=O)OC(C)(C)C)c(-c2ccc(OC(C)C)cc2)n1. The Kier molecular flexibility index (Phi) is 9.73. The van der Waals surface area contributed by atoms with Gasteiger partial charge >= 0.3 is 6.09 Å². The molecule has 8 nitrogen and oxygen atoms in total. The van der Waals surface area contributed by atoms with Crippen molar-refractivity contribution in [2.45, 2.75) is 59.4 Å². The molecule has 1 aromatic carbocycles. The van der Waals surface area contributed by atoms with Crippen LogP contribution < -0.4 is 4.74 Å². The van der Waals surface area contributed by atoms with Gasteiger partial charge in [0.25, 0.3) is 0 Å². The summed E-state index contributed by atoms with van der Waals surface area (Å²) in [6, 6.07) is 8.04. The molecular weight excluding hydrogens is 420 g/mol. The molecule has 0 saturated carbocycles. The molecule has 0 saturated heterocycles. The fourth-order valence-electron chi connectivity index (χ4n) is 3.21. The minimum Gasteiger partial charge on any atom is -0.491 e. The van der Waals surface area contributed by atoms with Gasteiger partial charge in [-0.25, -0.2) is 4.79 Å². The molecule has 0 aliphatic heterocycles. The number of amides is 1. The normalized spacial score (nSPS) is 11.8. The van der Waals surface area contributed by atoms with Gasteiger partial charge in [0.15, 0.2) is 0 Å². The van der Waals surface area contributed by atoms with Crippen LogP contribution in [0.2, 0.25) is 0 Å². The Morgan fingerprint density at radius 3 is 2.36 bits per heavy atom. The zero-order chi connectivity index (χ0) is 24.6. The van der Waals surface area contributed by atoms with Crippen LogP contribution in [0.4, 0.5) is 4.79 Å². The third-order valence-electron chi connectivity index (χ3n) is 4.82. The summed E-state index contributed by atoms with van der Waals surface area (Å²) in [5.74, 6) is 0.844. The van der Waals surface area contributed by atoms with Gasteiger partial charge in [-0.3, -0.25) is 4.68 Å². The fourth-order valence-corrected chi connectivity index (χ4v) is 3.21. The first-order valence-electron chi connectivity index (χ1n) is 11.4. The van der Waals surface area contributed by atoms with Crippen LogP contribution in [0.3, 0.4) is 0 Å². The Balaban J connectivity index is 2.09. The molecule has 0 atom stereocenters. The van der Waals surface area contributed by atoms with Gasteiger partial charge < -0.3 is 24.0 Å². The second-order valence-corrected chi connectivity index (χ2v) is 9.59. The van der Waals surface area contributed by atoms with Gasteiger partial charge in [-0.05, 0) is 65.9 Å². The molecule has 0 aliphatic carbocycles. The van der Waals surface area contributed by atoms with E-state index in [4.69, 9.17) is 19.3 Å². The molecule has 1 amide bonds. The predicted octanol–water partition coefficient (Wildman–Crippen LogP) is 4.28. The number of likely N-dealkylation sites (N-methyl/N-ethyl adjacent to an activating group) is 2. The molecule has 2 aromatic rings. The van der Waals surface area contributed by atoms with E-state index in [-0.39, 0.29) is 12.2 Å². The topological polar surface area (TPSA) is 69.1 Å². The molecule has 33 heavy (non-hydrogen) atoms. The highest BCUT2D eigenvalue weighted by Crippen LogP contribution is 2.26. The van der Waals surface area contributed by atoms with E-state index in [0.717, 1.165) is 22.6 Å². The molecule has 0 radical (unpaired) electrons. The van der Waals surface area contributed by atoms with Crippen LogP contribution in [0.5, 0.6) is 5.75 Å². The first-order chi connectivity index (χ1) is 15.5. The molecular formula is C25H40N4O4.